The smallest absolute Gasteiger partial charge is 0.267 e. The number of fused-ring (bicyclic) bond motifs is 2. The molecule has 32 heavy (non-hydrogen) atoms. The molecule has 1 saturated carbocycles. The standard InChI is InChI=1S/C25H25N5O2/c1-16(17-9-3-2-4-10-17)27-24(31)19-15-20-23(30(22(19)26)18-11-5-6-12-18)28-21-13-7-8-14-29(21)25(20)32/h2-4,7-10,13-16,18,26H,5-6,11-12H2,1H3,(H,27,31)/t16-/m0/s1. The first-order valence-electron chi connectivity index (χ1n) is 11.0. The number of nitrogens with zero attached hydrogens (tertiary/aromatic N) is 3. The summed E-state index contributed by atoms with van der Waals surface area (Å²) in [6.45, 7) is 1.91. The third-order valence-corrected chi connectivity index (χ3v) is 6.34. The van der Waals surface area contributed by atoms with E-state index in [9.17, 15) is 9.59 Å². The van der Waals surface area contributed by atoms with E-state index in [0.29, 0.717) is 16.7 Å². The van der Waals surface area contributed by atoms with Crippen LogP contribution >= 0.6 is 0 Å². The molecule has 7 heteroatoms. The van der Waals surface area contributed by atoms with Gasteiger partial charge in [-0.3, -0.25) is 19.4 Å². The lowest BCUT2D eigenvalue weighted by molar-refractivity contribution is 0.0937. The van der Waals surface area contributed by atoms with Gasteiger partial charge in [0.2, 0.25) is 0 Å². The molecule has 1 atom stereocenters. The fraction of sp³-hybridized carbons (Fsp3) is 0.280. The van der Waals surface area contributed by atoms with E-state index in [1.54, 1.807) is 22.9 Å². The minimum atomic E-state index is -0.363. The van der Waals surface area contributed by atoms with Gasteiger partial charge in [-0.25, -0.2) is 4.98 Å². The Morgan fingerprint density at radius 3 is 2.59 bits per heavy atom. The normalized spacial score (nSPS) is 15.3. The molecule has 7 nitrogen and oxygen atoms in total. The Balaban J connectivity index is 1.69. The first kappa shape index (κ1) is 20.2. The van der Waals surface area contributed by atoms with Crippen LogP contribution in [-0.2, 0) is 0 Å². The maximum absolute atomic E-state index is 13.3. The number of hydrogen-bond donors (Lipinski definition) is 2. The first-order valence-corrected chi connectivity index (χ1v) is 11.0. The topological polar surface area (TPSA) is 92.2 Å². The largest absolute Gasteiger partial charge is 0.345 e. The molecule has 1 fully saturated rings. The van der Waals surface area contributed by atoms with Gasteiger partial charge in [-0.05, 0) is 43.5 Å². The van der Waals surface area contributed by atoms with E-state index in [1.165, 1.54) is 10.5 Å². The molecule has 1 aliphatic rings. The molecule has 1 aliphatic carbocycles. The quantitative estimate of drug-likeness (QED) is 0.486. The van der Waals surface area contributed by atoms with E-state index in [2.05, 4.69) is 5.32 Å². The Kier molecular flexibility index (Phi) is 5.09. The molecule has 0 bridgehead atoms. The third kappa shape index (κ3) is 3.39. The molecule has 2 N–H and O–H groups in total. The van der Waals surface area contributed by atoms with Crippen LogP contribution in [0.15, 0.2) is 65.6 Å². The highest BCUT2D eigenvalue weighted by atomic mass is 16.2. The van der Waals surface area contributed by atoms with Crippen molar-refractivity contribution in [2.75, 3.05) is 0 Å². The van der Waals surface area contributed by atoms with Crippen LogP contribution in [-0.4, -0.2) is 19.9 Å². The number of pyridine rings is 2. The minimum Gasteiger partial charge on any atom is -0.345 e. The summed E-state index contributed by atoms with van der Waals surface area (Å²) in [5.74, 6) is -0.363. The summed E-state index contributed by atoms with van der Waals surface area (Å²) in [5, 5.41) is 12.3. The number of carbonyl (C=O) groups is 1. The van der Waals surface area contributed by atoms with Gasteiger partial charge in [-0.2, -0.15) is 0 Å². The van der Waals surface area contributed by atoms with Gasteiger partial charge >= 0.3 is 0 Å². The summed E-state index contributed by atoms with van der Waals surface area (Å²) in [4.78, 5) is 31.3. The van der Waals surface area contributed by atoms with Gasteiger partial charge in [0.25, 0.3) is 11.5 Å². The number of benzene rings is 1. The molecule has 0 saturated heterocycles. The summed E-state index contributed by atoms with van der Waals surface area (Å²) >= 11 is 0. The van der Waals surface area contributed by atoms with E-state index in [0.717, 1.165) is 31.2 Å². The second-order valence-electron chi connectivity index (χ2n) is 8.40. The number of nitrogens with one attached hydrogen (secondary N) is 2. The Labute approximate surface area is 184 Å². The maximum Gasteiger partial charge on any atom is 0.267 e. The molecular formula is C25H25N5O2. The third-order valence-electron chi connectivity index (χ3n) is 6.34. The van der Waals surface area contributed by atoms with Crippen LogP contribution < -0.4 is 16.4 Å². The van der Waals surface area contributed by atoms with Crippen molar-refractivity contribution in [3.8, 4) is 0 Å². The van der Waals surface area contributed by atoms with Crippen molar-refractivity contribution in [1.82, 2.24) is 19.3 Å². The van der Waals surface area contributed by atoms with Crippen molar-refractivity contribution in [2.45, 2.75) is 44.7 Å². The molecule has 5 rings (SSSR count). The molecule has 0 aliphatic heterocycles. The second-order valence-corrected chi connectivity index (χ2v) is 8.40. The lowest BCUT2D eigenvalue weighted by Gasteiger charge is -2.20. The highest BCUT2D eigenvalue weighted by molar-refractivity contribution is 5.97. The van der Waals surface area contributed by atoms with Gasteiger partial charge < -0.3 is 9.88 Å². The molecule has 0 radical (unpaired) electrons. The Morgan fingerprint density at radius 2 is 1.84 bits per heavy atom. The first-order chi connectivity index (χ1) is 15.5. The van der Waals surface area contributed by atoms with Gasteiger partial charge in [-0.15, -0.1) is 0 Å². The second kappa shape index (κ2) is 8.07. The summed E-state index contributed by atoms with van der Waals surface area (Å²) < 4.78 is 3.29. The number of carbonyl (C=O) groups excluding carboxylic acids is 1. The van der Waals surface area contributed by atoms with Crippen LogP contribution in [0.1, 0.15) is 60.6 Å². The molecule has 1 amide bonds. The predicted molar refractivity (Wildman–Crippen MR) is 123 cm³/mol. The van der Waals surface area contributed by atoms with Gasteiger partial charge in [0.05, 0.1) is 17.0 Å². The minimum absolute atomic E-state index is 0.0577. The average molecular weight is 428 g/mol. The van der Waals surface area contributed by atoms with E-state index >= 15 is 0 Å². The van der Waals surface area contributed by atoms with Crippen LogP contribution in [0.4, 0.5) is 0 Å². The molecule has 0 unspecified atom stereocenters. The van der Waals surface area contributed by atoms with E-state index in [4.69, 9.17) is 10.4 Å². The zero-order valence-electron chi connectivity index (χ0n) is 17.9. The van der Waals surface area contributed by atoms with Crippen LogP contribution in [0.5, 0.6) is 0 Å². The Hall–Kier alpha value is -3.74. The molecule has 3 heterocycles. The van der Waals surface area contributed by atoms with Crippen molar-refractivity contribution in [2.24, 2.45) is 0 Å². The van der Waals surface area contributed by atoms with Crippen molar-refractivity contribution >= 4 is 22.6 Å². The van der Waals surface area contributed by atoms with E-state index in [1.807, 2.05) is 43.3 Å². The van der Waals surface area contributed by atoms with Crippen molar-refractivity contribution in [3.63, 3.8) is 0 Å². The summed E-state index contributed by atoms with van der Waals surface area (Å²) in [5.41, 5.74) is 2.06. The lowest BCUT2D eigenvalue weighted by atomic mass is 10.1. The molecular weight excluding hydrogens is 402 g/mol. The number of rotatable bonds is 4. The van der Waals surface area contributed by atoms with Crippen LogP contribution in [0.2, 0.25) is 0 Å². The van der Waals surface area contributed by atoms with E-state index < -0.39 is 0 Å². The number of hydrogen-bond acceptors (Lipinski definition) is 4. The number of amides is 1. The molecule has 3 aromatic heterocycles. The van der Waals surface area contributed by atoms with Gasteiger partial charge in [0.1, 0.15) is 16.8 Å². The zero-order chi connectivity index (χ0) is 22.2. The van der Waals surface area contributed by atoms with Crippen molar-refractivity contribution in [3.05, 3.63) is 87.8 Å². The van der Waals surface area contributed by atoms with Crippen LogP contribution in [0, 0.1) is 5.41 Å². The summed E-state index contributed by atoms with van der Waals surface area (Å²) in [6.07, 6.45) is 5.62. The van der Waals surface area contributed by atoms with Crippen molar-refractivity contribution in [1.29, 1.82) is 5.41 Å². The summed E-state index contributed by atoms with van der Waals surface area (Å²) in [7, 11) is 0. The van der Waals surface area contributed by atoms with Gasteiger partial charge in [0.15, 0.2) is 0 Å². The zero-order valence-corrected chi connectivity index (χ0v) is 17.9. The van der Waals surface area contributed by atoms with Crippen molar-refractivity contribution < 1.29 is 4.79 Å². The average Bonchev–Trinajstić information content (AvgIpc) is 3.34. The number of aromatic nitrogens is 3. The molecule has 4 aromatic rings. The summed E-state index contributed by atoms with van der Waals surface area (Å²) in [6, 6.07) is 16.4. The lowest BCUT2D eigenvalue weighted by Crippen LogP contribution is -2.37. The fourth-order valence-corrected chi connectivity index (χ4v) is 4.64. The SMILES string of the molecule is C[C@H](NC(=O)c1cc2c(=O)n3ccccc3nc2n(C2CCCC2)c1=N)c1ccccc1. The maximum atomic E-state index is 13.3. The van der Waals surface area contributed by atoms with Crippen LogP contribution in [0.25, 0.3) is 16.7 Å². The van der Waals surface area contributed by atoms with Gasteiger partial charge in [-0.1, -0.05) is 49.2 Å². The monoisotopic (exact) mass is 427 g/mol. The highest BCUT2D eigenvalue weighted by Crippen LogP contribution is 2.30. The molecule has 162 valence electrons. The fourth-order valence-electron chi connectivity index (χ4n) is 4.64. The van der Waals surface area contributed by atoms with E-state index in [-0.39, 0.29) is 34.6 Å². The molecule has 0 spiro atoms. The Morgan fingerprint density at radius 1 is 1.12 bits per heavy atom. The highest BCUT2D eigenvalue weighted by Gasteiger charge is 2.25. The van der Waals surface area contributed by atoms with Gasteiger partial charge in [0, 0.05) is 12.2 Å². The predicted octanol–water partition coefficient (Wildman–Crippen LogP) is 3.73. The van der Waals surface area contributed by atoms with Crippen LogP contribution in [0.3, 0.4) is 0 Å². The Bertz CT molecular complexity index is 1430. The molecule has 1 aromatic carbocycles.